The van der Waals surface area contributed by atoms with E-state index in [0.717, 1.165) is 12.8 Å². The Morgan fingerprint density at radius 2 is 2.11 bits per heavy atom. The number of pyridine rings is 1. The molecule has 0 bridgehead atoms. The molecule has 0 aliphatic carbocycles. The second kappa shape index (κ2) is 7.06. The van der Waals surface area contributed by atoms with Crippen molar-refractivity contribution in [2.24, 2.45) is 5.92 Å². The van der Waals surface area contributed by atoms with Gasteiger partial charge in [-0.2, -0.15) is 8.42 Å². The SMILES string of the molecule is O=C1CN(c2c(O)cc3ccc(OCC4CCOCC4)nc3c2F)S(=O)(=O)N1. The number of anilines is 1. The van der Waals surface area contributed by atoms with Gasteiger partial charge in [-0.05, 0) is 30.9 Å². The first-order valence-electron chi connectivity index (χ1n) is 8.71. The predicted octanol–water partition coefficient (Wildman–Crippen LogP) is 1.07. The summed E-state index contributed by atoms with van der Waals surface area (Å²) in [6.45, 7) is 1.13. The molecule has 150 valence electrons. The summed E-state index contributed by atoms with van der Waals surface area (Å²) in [4.78, 5) is 15.6. The van der Waals surface area contributed by atoms with E-state index in [-0.39, 0.29) is 16.8 Å². The largest absolute Gasteiger partial charge is 0.506 e. The van der Waals surface area contributed by atoms with Crippen LogP contribution in [0.1, 0.15) is 12.8 Å². The molecule has 2 aliphatic rings. The smallest absolute Gasteiger partial charge is 0.326 e. The molecule has 0 saturated carbocycles. The van der Waals surface area contributed by atoms with Gasteiger partial charge < -0.3 is 14.6 Å². The van der Waals surface area contributed by atoms with E-state index in [4.69, 9.17) is 9.47 Å². The second-order valence-electron chi connectivity index (χ2n) is 6.68. The van der Waals surface area contributed by atoms with Gasteiger partial charge in [-0.3, -0.25) is 4.79 Å². The number of nitrogens with zero attached hydrogens (tertiary/aromatic N) is 2. The zero-order valence-corrected chi connectivity index (χ0v) is 15.5. The first-order valence-corrected chi connectivity index (χ1v) is 10.2. The molecule has 0 unspecified atom stereocenters. The minimum Gasteiger partial charge on any atom is -0.506 e. The maximum atomic E-state index is 15.1. The number of carbonyl (C=O) groups is 1. The zero-order chi connectivity index (χ0) is 19.9. The Kier molecular flexibility index (Phi) is 4.71. The maximum absolute atomic E-state index is 15.1. The minimum absolute atomic E-state index is 0.160. The highest BCUT2D eigenvalue weighted by molar-refractivity contribution is 7.92. The number of hydrogen-bond donors (Lipinski definition) is 2. The molecule has 11 heteroatoms. The van der Waals surface area contributed by atoms with Crippen molar-refractivity contribution in [1.29, 1.82) is 0 Å². The number of aromatic hydroxyl groups is 1. The number of phenols is 1. The Hall–Kier alpha value is -2.66. The Bertz CT molecular complexity index is 1040. The number of aromatic nitrogens is 1. The van der Waals surface area contributed by atoms with E-state index < -0.39 is 39.9 Å². The van der Waals surface area contributed by atoms with Crippen LogP contribution in [0, 0.1) is 11.7 Å². The number of fused-ring (bicyclic) bond motifs is 1. The fourth-order valence-corrected chi connectivity index (χ4v) is 4.43. The summed E-state index contributed by atoms with van der Waals surface area (Å²) >= 11 is 0. The van der Waals surface area contributed by atoms with E-state index in [1.54, 1.807) is 10.8 Å². The minimum atomic E-state index is -4.27. The lowest BCUT2D eigenvalue weighted by atomic mass is 10.0. The molecule has 3 heterocycles. The molecule has 0 radical (unpaired) electrons. The zero-order valence-electron chi connectivity index (χ0n) is 14.7. The van der Waals surface area contributed by atoms with Crippen LogP contribution in [-0.2, 0) is 19.7 Å². The molecule has 0 spiro atoms. The highest BCUT2D eigenvalue weighted by Crippen LogP contribution is 2.38. The standard InChI is InChI=1S/C17H18FN3O6S/c18-15-16-11(1-2-14(19-16)27-9-10-3-5-26-6-4-10)7-12(22)17(15)21-8-13(23)20-28(21,24)25/h1-2,7,10,22H,3-6,8-9H2,(H,20,23). The number of phenolic OH excluding ortho intramolecular Hbond substituents is 1. The van der Waals surface area contributed by atoms with E-state index in [1.807, 2.05) is 0 Å². The lowest BCUT2D eigenvalue weighted by Gasteiger charge is -2.22. The summed E-state index contributed by atoms with van der Waals surface area (Å²) in [5.41, 5.74) is -0.785. The number of hydrogen-bond acceptors (Lipinski definition) is 7. The summed E-state index contributed by atoms with van der Waals surface area (Å²) in [6, 6.07) is 4.27. The number of ether oxygens (including phenoxy) is 2. The normalized spacial score (nSPS) is 19.8. The highest BCUT2D eigenvalue weighted by Gasteiger charge is 2.38. The summed E-state index contributed by atoms with van der Waals surface area (Å²) < 4.78 is 52.3. The van der Waals surface area contributed by atoms with Crippen LogP contribution in [0.3, 0.4) is 0 Å². The monoisotopic (exact) mass is 411 g/mol. The fraction of sp³-hybridized carbons (Fsp3) is 0.412. The van der Waals surface area contributed by atoms with Crippen molar-refractivity contribution in [3.05, 3.63) is 24.0 Å². The van der Waals surface area contributed by atoms with E-state index in [1.165, 1.54) is 12.1 Å². The van der Waals surface area contributed by atoms with Gasteiger partial charge in [-0.1, -0.05) is 0 Å². The van der Waals surface area contributed by atoms with Gasteiger partial charge in [-0.15, -0.1) is 0 Å². The Labute approximate surface area is 160 Å². The van der Waals surface area contributed by atoms with Crippen molar-refractivity contribution < 1.29 is 32.2 Å². The van der Waals surface area contributed by atoms with Crippen LogP contribution in [-0.4, -0.2) is 50.8 Å². The van der Waals surface area contributed by atoms with Crippen LogP contribution in [0.25, 0.3) is 10.9 Å². The fourth-order valence-electron chi connectivity index (χ4n) is 3.26. The van der Waals surface area contributed by atoms with Crippen molar-refractivity contribution in [2.45, 2.75) is 12.8 Å². The Morgan fingerprint density at radius 3 is 2.79 bits per heavy atom. The molecule has 2 saturated heterocycles. The first-order chi connectivity index (χ1) is 13.3. The molecule has 28 heavy (non-hydrogen) atoms. The van der Waals surface area contributed by atoms with E-state index in [0.29, 0.717) is 30.0 Å². The van der Waals surface area contributed by atoms with Crippen LogP contribution in [0.4, 0.5) is 10.1 Å². The molecular formula is C17H18FN3O6S. The molecule has 2 aromatic rings. The highest BCUT2D eigenvalue weighted by atomic mass is 32.2. The molecule has 4 rings (SSSR count). The summed E-state index contributed by atoms with van der Waals surface area (Å²) in [5, 5.41) is 10.4. The Balaban J connectivity index is 1.67. The molecule has 9 nitrogen and oxygen atoms in total. The van der Waals surface area contributed by atoms with E-state index >= 15 is 4.39 Å². The molecule has 2 N–H and O–H groups in total. The number of halogens is 1. The topological polar surface area (TPSA) is 118 Å². The molecule has 1 aromatic carbocycles. The predicted molar refractivity (Wildman–Crippen MR) is 96.8 cm³/mol. The molecule has 1 aromatic heterocycles. The van der Waals surface area contributed by atoms with Gasteiger partial charge in [0.1, 0.15) is 23.5 Å². The second-order valence-corrected chi connectivity index (χ2v) is 8.28. The van der Waals surface area contributed by atoms with Crippen molar-refractivity contribution in [3.63, 3.8) is 0 Å². The van der Waals surface area contributed by atoms with Gasteiger partial charge in [0.2, 0.25) is 5.88 Å². The van der Waals surface area contributed by atoms with E-state index in [2.05, 4.69) is 4.98 Å². The molecule has 2 aliphatic heterocycles. The molecule has 2 fully saturated rings. The van der Waals surface area contributed by atoms with Crippen molar-refractivity contribution in [3.8, 4) is 11.6 Å². The lowest BCUT2D eigenvalue weighted by molar-refractivity contribution is -0.117. The third kappa shape index (κ3) is 3.42. The van der Waals surface area contributed by atoms with Gasteiger partial charge in [0.15, 0.2) is 5.82 Å². The number of rotatable bonds is 4. The quantitative estimate of drug-likeness (QED) is 0.772. The van der Waals surface area contributed by atoms with Gasteiger partial charge in [0.05, 0.1) is 6.61 Å². The van der Waals surface area contributed by atoms with E-state index in [9.17, 15) is 18.3 Å². The van der Waals surface area contributed by atoms with Crippen LogP contribution >= 0.6 is 0 Å². The lowest BCUT2D eigenvalue weighted by Crippen LogP contribution is -2.30. The van der Waals surface area contributed by atoms with Crippen molar-refractivity contribution in [2.75, 3.05) is 30.7 Å². The van der Waals surface area contributed by atoms with Crippen molar-refractivity contribution >= 4 is 32.7 Å². The summed E-state index contributed by atoms with van der Waals surface area (Å²) in [7, 11) is -4.27. The average molecular weight is 411 g/mol. The van der Waals surface area contributed by atoms with Gasteiger partial charge in [0.25, 0.3) is 5.91 Å². The third-order valence-electron chi connectivity index (χ3n) is 4.73. The van der Waals surface area contributed by atoms with Crippen LogP contribution in [0.2, 0.25) is 0 Å². The summed E-state index contributed by atoms with van der Waals surface area (Å²) in [5.74, 6) is -1.97. The summed E-state index contributed by atoms with van der Waals surface area (Å²) in [6.07, 6.45) is 1.74. The number of nitrogens with one attached hydrogen (secondary N) is 1. The number of carbonyl (C=O) groups excluding carboxylic acids is 1. The number of benzene rings is 1. The average Bonchev–Trinajstić information content (AvgIpc) is 2.93. The van der Waals surface area contributed by atoms with Crippen molar-refractivity contribution in [1.82, 2.24) is 9.71 Å². The van der Waals surface area contributed by atoms with Gasteiger partial charge >= 0.3 is 10.2 Å². The van der Waals surface area contributed by atoms with Gasteiger partial charge in [0, 0.05) is 24.7 Å². The molecule has 0 atom stereocenters. The van der Waals surface area contributed by atoms with Gasteiger partial charge in [-0.25, -0.2) is 18.4 Å². The Morgan fingerprint density at radius 1 is 1.36 bits per heavy atom. The third-order valence-corrected chi connectivity index (χ3v) is 6.11. The first kappa shape index (κ1) is 18.7. The van der Waals surface area contributed by atoms with Crippen LogP contribution in [0.5, 0.6) is 11.6 Å². The molecular weight excluding hydrogens is 393 g/mol. The maximum Gasteiger partial charge on any atom is 0.326 e. The molecule has 1 amide bonds. The number of amides is 1. The van der Waals surface area contributed by atoms with Crippen LogP contribution in [0.15, 0.2) is 18.2 Å². The van der Waals surface area contributed by atoms with Crippen LogP contribution < -0.4 is 13.8 Å².